The molecule has 1 heterocycles. The fraction of sp³-hybridized carbons (Fsp3) is 0.0588. The van der Waals surface area contributed by atoms with Crippen LogP contribution in [0.1, 0.15) is 5.69 Å². The van der Waals surface area contributed by atoms with E-state index in [0.29, 0.717) is 14.7 Å². The van der Waals surface area contributed by atoms with Crippen LogP contribution in [-0.4, -0.2) is 15.9 Å². The van der Waals surface area contributed by atoms with Crippen LogP contribution >= 0.6 is 23.2 Å². The average molecular weight is 416 g/mol. The highest BCUT2D eigenvalue weighted by Gasteiger charge is 2.40. The number of carbonyl (C=O) groups is 1. The Balaban J connectivity index is 1.89. The lowest BCUT2D eigenvalue weighted by Crippen LogP contribution is -2.20. The van der Waals surface area contributed by atoms with Crippen LogP contribution in [0.25, 0.3) is 5.69 Å². The second-order valence-electron chi connectivity index (χ2n) is 5.27. The lowest BCUT2D eigenvalue weighted by molar-refractivity contribution is -0.143. The lowest BCUT2D eigenvalue weighted by Gasteiger charge is -2.13. The van der Waals surface area contributed by atoms with Crippen LogP contribution in [0.4, 0.5) is 23.7 Å². The van der Waals surface area contributed by atoms with Gasteiger partial charge in [-0.2, -0.15) is 18.3 Å². The first-order chi connectivity index (χ1) is 12.7. The smallest absolute Gasteiger partial charge is 0.406 e. The molecule has 0 bridgehead atoms. The van der Waals surface area contributed by atoms with Gasteiger partial charge in [-0.1, -0.05) is 29.3 Å². The summed E-state index contributed by atoms with van der Waals surface area (Å²) in [5.41, 5.74) is -0.853. The third-order valence-electron chi connectivity index (χ3n) is 3.35. The van der Waals surface area contributed by atoms with Crippen LogP contribution in [0, 0.1) is 0 Å². The number of hydrogen-bond acceptors (Lipinski definition) is 3. The van der Waals surface area contributed by atoms with Gasteiger partial charge in [0, 0.05) is 15.7 Å². The monoisotopic (exact) mass is 415 g/mol. The number of ether oxygens (including phenoxy) is 1. The van der Waals surface area contributed by atoms with Crippen molar-refractivity contribution in [3.63, 3.8) is 0 Å². The van der Waals surface area contributed by atoms with E-state index in [1.54, 1.807) is 12.1 Å². The van der Waals surface area contributed by atoms with Crippen molar-refractivity contribution in [2.24, 2.45) is 0 Å². The second kappa shape index (κ2) is 7.50. The molecule has 0 saturated heterocycles. The molecular weight excluding hydrogens is 406 g/mol. The zero-order valence-electron chi connectivity index (χ0n) is 13.3. The third kappa shape index (κ3) is 4.53. The molecule has 3 rings (SSSR count). The first kappa shape index (κ1) is 19.1. The van der Waals surface area contributed by atoms with Crippen molar-refractivity contribution < 1.29 is 22.7 Å². The summed E-state index contributed by atoms with van der Waals surface area (Å²) in [6, 6.07) is 11.6. The van der Waals surface area contributed by atoms with Gasteiger partial charge in [0.1, 0.15) is 0 Å². The van der Waals surface area contributed by atoms with Crippen molar-refractivity contribution in [3.8, 4) is 11.4 Å². The quantitative estimate of drug-likeness (QED) is 0.587. The van der Waals surface area contributed by atoms with Gasteiger partial charge in [-0.25, -0.2) is 9.48 Å². The summed E-state index contributed by atoms with van der Waals surface area (Å²) in [5.74, 6) is -0.739. The maximum absolute atomic E-state index is 13.5. The third-order valence-corrected chi connectivity index (χ3v) is 3.84. The molecule has 0 aliphatic heterocycles. The molecule has 0 spiro atoms. The normalized spacial score (nSPS) is 11.3. The molecule has 1 N–H and O–H groups in total. The number of halogens is 5. The number of alkyl halides is 3. The molecule has 10 heteroatoms. The molecule has 0 fully saturated rings. The van der Waals surface area contributed by atoms with Crippen LogP contribution < -0.4 is 10.1 Å². The van der Waals surface area contributed by atoms with E-state index in [1.165, 1.54) is 36.4 Å². The topological polar surface area (TPSA) is 56.1 Å². The minimum atomic E-state index is -4.82. The van der Waals surface area contributed by atoms with Crippen LogP contribution in [-0.2, 0) is 6.18 Å². The SMILES string of the molecule is O=C(Nc1cccc(Cl)c1)Oc1cnn(-c2ccc(Cl)cc2)c1C(F)(F)F. The van der Waals surface area contributed by atoms with Gasteiger partial charge < -0.3 is 4.74 Å². The van der Waals surface area contributed by atoms with Gasteiger partial charge in [0.2, 0.25) is 0 Å². The Morgan fingerprint density at radius 1 is 1.07 bits per heavy atom. The highest BCUT2D eigenvalue weighted by atomic mass is 35.5. The molecule has 2 aromatic carbocycles. The minimum Gasteiger partial charge on any atom is -0.406 e. The molecule has 0 saturated carbocycles. The van der Waals surface area contributed by atoms with Crippen molar-refractivity contribution in [1.82, 2.24) is 9.78 Å². The van der Waals surface area contributed by atoms with Crippen LogP contribution in [0.3, 0.4) is 0 Å². The lowest BCUT2D eigenvalue weighted by atomic mass is 10.3. The van der Waals surface area contributed by atoms with Crippen LogP contribution in [0.15, 0.2) is 54.7 Å². The zero-order valence-corrected chi connectivity index (χ0v) is 14.8. The Morgan fingerprint density at radius 2 is 1.78 bits per heavy atom. The second-order valence-corrected chi connectivity index (χ2v) is 6.14. The van der Waals surface area contributed by atoms with E-state index in [1.807, 2.05) is 0 Å². The number of benzene rings is 2. The van der Waals surface area contributed by atoms with E-state index in [9.17, 15) is 18.0 Å². The molecule has 1 amide bonds. The first-order valence-corrected chi connectivity index (χ1v) is 8.15. The highest BCUT2D eigenvalue weighted by Crippen LogP contribution is 2.37. The Kier molecular flexibility index (Phi) is 5.29. The summed E-state index contributed by atoms with van der Waals surface area (Å²) in [6.07, 6.45) is -5.12. The predicted octanol–water partition coefficient (Wildman–Crippen LogP) is 5.81. The molecule has 0 unspecified atom stereocenters. The Hall–Kier alpha value is -2.71. The predicted molar refractivity (Wildman–Crippen MR) is 94.7 cm³/mol. The number of nitrogens with one attached hydrogen (secondary N) is 1. The van der Waals surface area contributed by atoms with Gasteiger partial charge in [0.05, 0.1) is 11.9 Å². The fourth-order valence-corrected chi connectivity index (χ4v) is 2.57. The number of aromatic nitrogens is 2. The molecule has 0 aliphatic carbocycles. The fourth-order valence-electron chi connectivity index (χ4n) is 2.26. The maximum Gasteiger partial charge on any atom is 0.437 e. The van der Waals surface area contributed by atoms with E-state index in [2.05, 4.69) is 10.4 Å². The maximum atomic E-state index is 13.5. The number of rotatable bonds is 3. The highest BCUT2D eigenvalue weighted by molar-refractivity contribution is 6.31. The van der Waals surface area contributed by atoms with Crippen LogP contribution in [0.5, 0.6) is 5.75 Å². The van der Waals surface area contributed by atoms with Crippen LogP contribution in [0.2, 0.25) is 10.0 Å². The number of nitrogens with zero attached hydrogens (tertiary/aromatic N) is 2. The molecule has 27 heavy (non-hydrogen) atoms. The summed E-state index contributed by atoms with van der Waals surface area (Å²) in [7, 11) is 0. The first-order valence-electron chi connectivity index (χ1n) is 7.39. The molecule has 0 atom stereocenters. The molecule has 5 nitrogen and oxygen atoms in total. The van der Waals surface area contributed by atoms with E-state index in [4.69, 9.17) is 27.9 Å². The molecule has 0 radical (unpaired) electrons. The van der Waals surface area contributed by atoms with Crippen molar-refractivity contribution in [2.45, 2.75) is 6.18 Å². The summed E-state index contributed by atoms with van der Waals surface area (Å²) in [5, 5.41) is 6.69. The number of hydrogen-bond donors (Lipinski definition) is 1. The van der Waals surface area contributed by atoms with E-state index in [0.717, 1.165) is 6.20 Å². The Labute approximate surface area is 161 Å². The van der Waals surface area contributed by atoms with Gasteiger partial charge >= 0.3 is 12.3 Å². The van der Waals surface area contributed by atoms with E-state index in [-0.39, 0.29) is 11.4 Å². The van der Waals surface area contributed by atoms with Crippen molar-refractivity contribution >= 4 is 35.0 Å². The number of amides is 1. The summed E-state index contributed by atoms with van der Waals surface area (Å²) >= 11 is 11.5. The average Bonchev–Trinajstić information content (AvgIpc) is 2.99. The van der Waals surface area contributed by atoms with E-state index >= 15 is 0 Å². The van der Waals surface area contributed by atoms with Gasteiger partial charge in [0.15, 0.2) is 11.4 Å². The molecule has 1 aromatic heterocycles. The largest absolute Gasteiger partial charge is 0.437 e. The standard InChI is InChI=1S/C17H10Cl2F3N3O2/c18-10-4-6-13(7-5-10)25-15(17(20,21)22)14(9-23-25)27-16(26)24-12-3-1-2-11(19)8-12/h1-9H,(H,24,26). The van der Waals surface area contributed by atoms with E-state index < -0.39 is 23.7 Å². The molecular formula is C17H10Cl2F3N3O2. The Bertz CT molecular complexity index is 972. The van der Waals surface area contributed by atoms with Crippen molar-refractivity contribution in [1.29, 1.82) is 0 Å². The summed E-state index contributed by atoms with van der Waals surface area (Å²) in [4.78, 5) is 12.0. The molecule has 0 aliphatic rings. The van der Waals surface area contributed by atoms with Crippen molar-refractivity contribution in [3.05, 3.63) is 70.5 Å². The minimum absolute atomic E-state index is 0.108. The van der Waals surface area contributed by atoms with Gasteiger partial charge in [-0.05, 0) is 42.5 Å². The molecule has 3 aromatic rings. The molecule has 140 valence electrons. The number of carbonyl (C=O) groups excluding carboxylic acids is 1. The summed E-state index contributed by atoms with van der Waals surface area (Å²) < 4.78 is 46.0. The van der Waals surface area contributed by atoms with Gasteiger partial charge in [0.25, 0.3) is 0 Å². The van der Waals surface area contributed by atoms with Crippen molar-refractivity contribution in [2.75, 3.05) is 5.32 Å². The van der Waals surface area contributed by atoms with Gasteiger partial charge in [-0.15, -0.1) is 0 Å². The summed E-state index contributed by atoms with van der Waals surface area (Å²) in [6.45, 7) is 0. The zero-order chi connectivity index (χ0) is 19.6. The van der Waals surface area contributed by atoms with Gasteiger partial charge in [-0.3, -0.25) is 5.32 Å². The Morgan fingerprint density at radius 3 is 2.41 bits per heavy atom. The number of anilines is 1.